The summed E-state index contributed by atoms with van der Waals surface area (Å²) in [6, 6.07) is 14.4. The highest BCUT2D eigenvalue weighted by molar-refractivity contribution is 6.21. The van der Waals surface area contributed by atoms with E-state index in [9.17, 15) is 14.4 Å². The van der Waals surface area contributed by atoms with Crippen LogP contribution < -0.4 is 10.1 Å². The monoisotopic (exact) mass is 420 g/mol. The highest BCUT2D eigenvalue weighted by Gasteiger charge is 2.40. The Morgan fingerprint density at radius 3 is 2.26 bits per heavy atom. The molecule has 31 heavy (non-hydrogen) atoms. The minimum absolute atomic E-state index is 0.00960. The lowest BCUT2D eigenvalue weighted by Gasteiger charge is -2.33. The zero-order chi connectivity index (χ0) is 22.0. The first kappa shape index (κ1) is 21.1. The number of hydrogen-bond acceptors (Lipinski definition) is 4. The number of nitrogens with one attached hydrogen (secondary N) is 1. The van der Waals surface area contributed by atoms with E-state index in [1.807, 2.05) is 31.2 Å². The average Bonchev–Trinajstić information content (AvgIpc) is 3.04. The van der Waals surface area contributed by atoms with Gasteiger partial charge in [0.15, 0.2) is 0 Å². The number of methoxy groups -OCH3 is 1. The fourth-order valence-electron chi connectivity index (χ4n) is 4.71. The maximum Gasteiger partial charge on any atom is 0.261 e. The lowest BCUT2D eigenvalue weighted by Crippen LogP contribution is -2.43. The van der Waals surface area contributed by atoms with Gasteiger partial charge in [-0.1, -0.05) is 37.1 Å². The van der Waals surface area contributed by atoms with Crippen molar-refractivity contribution in [2.45, 2.75) is 38.6 Å². The molecule has 0 radical (unpaired) electrons. The Morgan fingerprint density at radius 1 is 1.03 bits per heavy atom. The first-order chi connectivity index (χ1) is 15.0. The molecule has 1 saturated carbocycles. The predicted octanol–water partition coefficient (Wildman–Crippen LogP) is 3.98. The van der Waals surface area contributed by atoms with E-state index >= 15 is 0 Å². The van der Waals surface area contributed by atoms with Crippen molar-refractivity contribution in [2.24, 2.45) is 11.8 Å². The quantitative estimate of drug-likeness (QED) is 0.718. The summed E-state index contributed by atoms with van der Waals surface area (Å²) in [5, 5.41) is 3.13. The molecule has 1 aliphatic heterocycles. The van der Waals surface area contributed by atoms with Crippen molar-refractivity contribution in [3.05, 3.63) is 65.2 Å². The van der Waals surface area contributed by atoms with Crippen LogP contribution >= 0.6 is 0 Å². The van der Waals surface area contributed by atoms with E-state index < -0.39 is 0 Å². The fraction of sp³-hybridized carbons (Fsp3) is 0.400. The molecular weight excluding hydrogens is 392 g/mol. The topological polar surface area (TPSA) is 75.7 Å². The third-order valence-electron chi connectivity index (χ3n) is 6.52. The molecule has 0 bridgehead atoms. The lowest BCUT2D eigenvalue weighted by molar-refractivity contribution is -0.128. The van der Waals surface area contributed by atoms with Gasteiger partial charge in [-0.05, 0) is 55.5 Å². The molecule has 2 aliphatic rings. The van der Waals surface area contributed by atoms with Crippen molar-refractivity contribution in [2.75, 3.05) is 13.7 Å². The molecule has 162 valence electrons. The van der Waals surface area contributed by atoms with Gasteiger partial charge in [0.25, 0.3) is 11.8 Å². The van der Waals surface area contributed by atoms with Crippen molar-refractivity contribution < 1.29 is 19.1 Å². The van der Waals surface area contributed by atoms with Crippen LogP contribution in [0.5, 0.6) is 5.75 Å². The van der Waals surface area contributed by atoms with Crippen LogP contribution in [-0.2, 0) is 4.79 Å². The molecule has 1 fully saturated rings. The van der Waals surface area contributed by atoms with Crippen LogP contribution in [0.2, 0.25) is 0 Å². The molecule has 1 heterocycles. The lowest BCUT2D eigenvalue weighted by atomic mass is 9.78. The number of benzene rings is 2. The molecule has 1 aliphatic carbocycles. The number of imide groups is 1. The molecule has 3 atom stereocenters. The van der Waals surface area contributed by atoms with Crippen molar-refractivity contribution >= 4 is 17.7 Å². The highest BCUT2D eigenvalue weighted by atomic mass is 16.5. The Kier molecular flexibility index (Phi) is 6.07. The smallest absolute Gasteiger partial charge is 0.261 e. The first-order valence-corrected chi connectivity index (χ1v) is 10.9. The van der Waals surface area contributed by atoms with Gasteiger partial charge in [0.05, 0.1) is 24.3 Å². The normalized spacial score (nSPS) is 21.5. The Labute approximate surface area is 182 Å². The minimum atomic E-state index is -0.253. The zero-order valence-electron chi connectivity index (χ0n) is 18.0. The number of nitrogens with zero attached hydrogens (tertiary/aromatic N) is 1. The second-order valence-corrected chi connectivity index (χ2v) is 8.42. The molecule has 1 N–H and O–H groups in total. The van der Waals surface area contributed by atoms with Gasteiger partial charge in [0, 0.05) is 12.5 Å². The fourth-order valence-corrected chi connectivity index (χ4v) is 4.71. The highest BCUT2D eigenvalue weighted by Crippen LogP contribution is 2.34. The third kappa shape index (κ3) is 4.20. The van der Waals surface area contributed by atoms with Gasteiger partial charge in [0.2, 0.25) is 5.91 Å². The zero-order valence-corrected chi connectivity index (χ0v) is 18.0. The number of rotatable bonds is 6. The Morgan fingerprint density at radius 2 is 1.65 bits per heavy atom. The van der Waals surface area contributed by atoms with Crippen molar-refractivity contribution in [1.82, 2.24) is 10.2 Å². The Bertz CT molecular complexity index is 950. The summed E-state index contributed by atoms with van der Waals surface area (Å²) in [5.74, 6) is 0.0202. The Hall–Kier alpha value is -3.15. The number of hydrogen-bond donors (Lipinski definition) is 1. The van der Waals surface area contributed by atoms with Crippen LogP contribution in [0, 0.1) is 11.8 Å². The summed E-state index contributed by atoms with van der Waals surface area (Å²) in [6.45, 7) is 2.25. The molecule has 4 rings (SSSR count). The molecule has 3 unspecified atom stereocenters. The molecule has 6 nitrogen and oxygen atoms in total. The SMILES string of the molecule is COc1ccc(C(C)NC(=O)C2CCCCC2CN2C(=O)c3ccccc3C2=O)cc1. The van der Waals surface area contributed by atoms with Crippen molar-refractivity contribution in [3.63, 3.8) is 0 Å². The average molecular weight is 421 g/mol. The number of carbonyl (C=O) groups is 3. The summed E-state index contributed by atoms with van der Waals surface area (Å²) in [6.07, 6.45) is 3.59. The molecule has 0 aromatic heterocycles. The second-order valence-electron chi connectivity index (χ2n) is 8.42. The van der Waals surface area contributed by atoms with Crippen molar-refractivity contribution in [3.8, 4) is 5.75 Å². The molecule has 2 aromatic rings. The Balaban J connectivity index is 1.44. The predicted molar refractivity (Wildman–Crippen MR) is 117 cm³/mol. The van der Waals surface area contributed by atoms with Gasteiger partial charge < -0.3 is 10.1 Å². The molecule has 3 amide bonds. The molecule has 2 aromatic carbocycles. The van der Waals surface area contributed by atoms with Gasteiger partial charge in [-0.25, -0.2) is 0 Å². The maximum atomic E-state index is 13.1. The number of carbonyl (C=O) groups excluding carboxylic acids is 3. The number of amides is 3. The summed E-state index contributed by atoms with van der Waals surface area (Å²) in [4.78, 5) is 40.0. The standard InChI is InChI=1S/C25H28N2O4/c1-16(17-11-13-19(31-2)14-12-17)26-23(28)20-8-4-3-7-18(20)15-27-24(29)21-9-5-6-10-22(21)25(27)30/h5-6,9-14,16,18,20H,3-4,7-8,15H2,1-2H3,(H,26,28). The largest absolute Gasteiger partial charge is 0.497 e. The van der Waals surface area contributed by atoms with E-state index in [1.54, 1.807) is 31.4 Å². The molecule has 6 heteroatoms. The van der Waals surface area contributed by atoms with Gasteiger partial charge in [0.1, 0.15) is 5.75 Å². The van der Waals surface area contributed by atoms with Gasteiger partial charge in [-0.2, -0.15) is 0 Å². The first-order valence-electron chi connectivity index (χ1n) is 10.9. The second kappa shape index (κ2) is 8.92. The van der Waals surface area contributed by atoms with E-state index in [1.165, 1.54) is 4.90 Å². The van der Waals surface area contributed by atoms with Crippen molar-refractivity contribution in [1.29, 1.82) is 0 Å². The van der Waals surface area contributed by atoms with Crippen LogP contribution in [0.25, 0.3) is 0 Å². The minimum Gasteiger partial charge on any atom is -0.497 e. The summed E-state index contributed by atoms with van der Waals surface area (Å²) in [7, 11) is 1.62. The summed E-state index contributed by atoms with van der Waals surface area (Å²) < 4.78 is 5.20. The molecule has 0 saturated heterocycles. The summed E-state index contributed by atoms with van der Waals surface area (Å²) in [5.41, 5.74) is 1.91. The van der Waals surface area contributed by atoms with E-state index in [2.05, 4.69) is 5.32 Å². The van der Waals surface area contributed by atoms with Gasteiger partial charge in [-0.3, -0.25) is 19.3 Å². The van der Waals surface area contributed by atoms with Gasteiger partial charge >= 0.3 is 0 Å². The third-order valence-corrected chi connectivity index (χ3v) is 6.52. The van der Waals surface area contributed by atoms with Crippen LogP contribution in [0.3, 0.4) is 0 Å². The van der Waals surface area contributed by atoms with Gasteiger partial charge in [-0.15, -0.1) is 0 Å². The molecule has 0 spiro atoms. The van der Waals surface area contributed by atoms with E-state index in [4.69, 9.17) is 4.74 Å². The summed E-state index contributed by atoms with van der Waals surface area (Å²) >= 11 is 0. The van der Waals surface area contributed by atoms with Crippen LogP contribution in [0.4, 0.5) is 0 Å². The maximum absolute atomic E-state index is 13.1. The number of fused-ring (bicyclic) bond motifs is 1. The number of ether oxygens (including phenoxy) is 1. The van der Waals surface area contributed by atoms with E-state index in [0.717, 1.165) is 37.0 Å². The van der Waals surface area contributed by atoms with Crippen LogP contribution in [0.1, 0.15) is 64.9 Å². The van der Waals surface area contributed by atoms with Crippen LogP contribution in [-0.4, -0.2) is 36.3 Å². The van der Waals surface area contributed by atoms with Crippen LogP contribution in [0.15, 0.2) is 48.5 Å². The van der Waals surface area contributed by atoms with E-state index in [0.29, 0.717) is 17.7 Å². The van der Waals surface area contributed by atoms with E-state index in [-0.39, 0.29) is 35.6 Å². The molecular formula is C25H28N2O4.